The Labute approximate surface area is 114 Å². The lowest BCUT2D eigenvalue weighted by molar-refractivity contribution is 0.108. The number of para-hydroxylation sites is 1. The molecule has 2 rings (SSSR count). The first-order chi connectivity index (χ1) is 9.25. The Bertz CT molecular complexity index is 380. The van der Waals surface area contributed by atoms with Gasteiger partial charge < -0.3 is 14.8 Å². The molecule has 0 aliphatic carbocycles. The molecule has 1 heterocycles. The van der Waals surface area contributed by atoms with Gasteiger partial charge in [0.05, 0.1) is 12.7 Å². The van der Waals surface area contributed by atoms with Crippen LogP contribution in [0.25, 0.3) is 0 Å². The standard InChI is InChI=1S/C15H22FNO2/c1-12(9-17-10-13-5-4-8-18-13)11-19-15-7-3-2-6-14(15)16/h2-3,6-7,12-13,17H,4-5,8-11H2,1H3. The zero-order valence-electron chi connectivity index (χ0n) is 11.4. The summed E-state index contributed by atoms with van der Waals surface area (Å²) < 4.78 is 24.4. The maximum atomic E-state index is 13.3. The van der Waals surface area contributed by atoms with E-state index in [2.05, 4.69) is 12.2 Å². The smallest absolute Gasteiger partial charge is 0.165 e. The highest BCUT2D eigenvalue weighted by atomic mass is 19.1. The summed E-state index contributed by atoms with van der Waals surface area (Å²) in [6, 6.07) is 6.51. The Morgan fingerprint density at radius 1 is 1.47 bits per heavy atom. The molecule has 19 heavy (non-hydrogen) atoms. The van der Waals surface area contributed by atoms with Gasteiger partial charge in [0.2, 0.25) is 0 Å². The van der Waals surface area contributed by atoms with Gasteiger partial charge in [-0.3, -0.25) is 0 Å². The van der Waals surface area contributed by atoms with Crippen LogP contribution in [0.15, 0.2) is 24.3 Å². The molecule has 2 atom stereocenters. The third kappa shape index (κ3) is 4.80. The molecule has 0 radical (unpaired) electrons. The maximum absolute atomic E-state index is 13.3. The summed E-state index contributed by atoms with van der Waals surface area (Å²) in [7, 11) is 0. The van der Waals surface area contributed by atoms with Crippen molar-refractivity contribution in [2.45, 2.75) is 25.9 Å². The minimum absolute atomic E-state index is 0.304. The second kappa shape index (κ2) is 7.46. The number of halogens is 1. The Morgan fingerprint density at radius 2 is 2.32 bits per heavy atom. The molecular formula is C15H22FNO2. The van der Waals surface area contributed by atoms with E-state index in [9.17, 15) is 4.39 Å². The van der Waals surface area contributed by atoms with Crippen molar-refractivity contribution in [3.63, 3.8) is 0 Å². The monoisotopic (exact) mass is 267 g/mol. The highest BCUT2D eigenvalue weighted by molar-refractivity contribution is 5.23. The zero-order valence-corrected chi connectivity index (χ0v) is 11.4. The molecule has 106 valence electrons. The summed E-state index contributed by atoms with van der Waals surface area (Å²) in [6.07, 6.45) is 2.67. The zero-order chi connectivity index (χ0) is 13.5. The summed E-state index contributed by atoms with van der Waals surface area (Å²) in [5, 5.41) is 3.38. The minimum atomic E-state index is -0.304. The maximum Gasteiger partial charge on any atom is 0.165 e. The molecule has 1 aromatic carbocycles. The molecule has 0 aromatic heterocycles. The van der Waals surface area contributed by atoms with Crippen molar-refractivity contribution < 1.29 is 13.9 Å². The van der Waals surface area contributed by atoms with Crippen molar-refractivity contribution in [1.29, 1.82) is 0 Å². The Morgan fingerprint density at radius 3 is 3.05 bits per heavy atom. The van der Waals surface area contributed by atoms with Crippen LogP contribution in [-0.2, 0) is 4.74 Å². The molecule has 1 N–H and O–H groups in total. The van der Waals surface area contributed by atoms with Gasteiger partial charge in [-0.1, -0.05) is 19.1 Å². The van der Waals surface area contributed by atoms with Gasteiger partial charge in [-0.2, -0.15) is 0 Å². The van der Waals surface area contributed by atoms with Crippen molar-refractivity contribution >= 4 is 0 Å². The molecule has 1 aliphatic heterocycles. The van der Waals surface area contributed by atoms with Crippen molar-refractivity contribution in [1.82, 2.24) is 5.32 Å². The van der Waals surface area contributed by atoms with Gasteiger partial charge in [-0.25, -0.2) is 4.39 Å². The van der Waals surface area contributed by atoms with E-state index in [0.29, 0.717) is 24.4 Å². The van der Waals surface area contributed by atoms with Gasteiger partial charge in [-0.15, -0.1) is 0 Å². The molecule has 1 fully saturated rings. The first-order valence-electron chi connectivity index (χ1n) is 6.95. The molecule has 0 saturated carbocycles. The first kappa shape index (κ1) is 14.3. The van der Waals surface area contributed by atoms with E-state index in [0.717, 1.165) is 32.5 Å². The van der Waals surface area contributed by atoms with E-state index in [1.54, 1.807) is 18.2 Å². The van der Waals surface area contributed by atoms with E-state index in [4.69, 9.17) is 9.47 Å². The average molecular weight is 267 g/mol. The van der Waals surface area contributed by atoms with Gasteiger partial charge in [0, 0.05) is 25.6 Å². The molecule has 0 amide bonds. The number of hydrogen-bond acceptors (Lipinski definition) is 3. The molecule has 1 saturated heterocycles. The molecule has 0 bridgehead atoms. The van der Waals surface area contributed by atoms with Gasteiger partial charge in [0.25, 0.3) is 0 Å². The van der Waals surface area contributed by atoms with Crippen molar-refractivity contribution in [2.75, 3.05) is 26.3 Å². The predicted octanol–water partition coefficient (Wildman–Crippen LogP) is 2.61. The van der Waals surface area contributed by atoms with Crippen molar-refractivity contribution in [2.24, 2.45) is 5.92 Å². The third-order valence-corrected chi connectivity index (χ3v) is 3.25. The Kier molecular flexibility index (Phi) is 5.61. The molecule has 1 aromatic rings. The molecule has 3 nitrogen and oxygen atoms in total. The van der Waals surface area contributed by atoms with Gasteiger partial charge in [-0.05, 0) is 25.0 Å². The fourth-order valence-electron chi connectivity index (χ4n) is 2.15. The second-order valence-corrected chi connectivity index (χ2v) is 5.14. The first-order valence-corrected chi connectivity index (χ1v) is 6.95. The van der Waals surface area contributed by atoms with Gasteiger partial charge in [0.15, 0.2) is 11.6 Å². The van der Waals surface area contributed by atoms with Crippen LogP contribution >= 0.6 is 0 Å². The SMILES string of the molecule is CC(CNCC1CCCO1)COc1ccccc1F. The topological polar surface area (TPSA) is 30.5 Å². The number of nitrogens with one attached hydrogen (secondary N) is 1. The molecular weight excluding hydrogens is 245 g/mol. The highest BCUT2D eigenvalue weighted by Gasteiger charge is 2.15. The lowest BCUT2D eigenvalue weighted by Gasteiger charge is -2.16. The van der Waals surface area contributed by atoms with Crippen LogP contribution in [0.1, 0.15) is 19.8 Å². The quantitative estimate of drug-likeness (QED) is 0.823. The fraction of sp³-hybridized carbons (Fsp3) is 0.600. The van der Waals surface area contributed by atoms with Crippen LogP contribution < -0.4 is 10.1 Å². The van der Waals surface area contributed by atoms with E-state index in [1.165, 1.54) is 6.07 Å². The van der Waals surface area contributed by atoms with Crippen LogP contribution in [0.3, 0.4) is 0 Å². The molecule has 4 heteroatoms. The summed E-state index contributed by atoms with van der Waals surface area (Å²) >= 11 is 0. The van der Waals surface area contributed by atoms with Crippen LogP contribution in [0.2, 0.25) is 0 Å². The summed E-state index contributed by atoms with van der Waals surface area (Å²) in [5.74, 6) is 0.358. The van der Waals surface area contributed by atoms with E-state index in [-0.39, 0.29) is 5.82 Å². The Balaban J connectivity index is 1.61. The molecule has 1 aliphatic rings. The lowest BCUT2D eigenvalue weighted by atomic mass is 10.2. The van der Waals surface area contributed by atoms with Crippen LogP contribution in [0, 0.1) is 11.7 Å². The van der Waals surface area contributed by atoms with Crippen LogP contribution in [0.5, 0.6) is 5.75 Å². The molecule has 2 unspecified atom stereocenters. The minimum Gasteiger partial charge on any atom is -0.490 e. The lowest BCUT2D eigenvalue weighted by Crippen LogP contribution is -2.31. The van der Waals surface area contributed by atoms with E-state index >= 15 is 0 Å². The average Bonchev–Trinajstić information content (AvgIpc) is 2.91. The number of hydrogen-bond donors (Lipinski definition) is 1. The largest absolute Gasteiger partial charge is 0.490 e. The van der Waals surface area contributed by atoms with E-state index < -0.39 is 0 Å². The van der Waals surface area contributed by atoms with Crippen LogP contribution in [-0.4, -0.2) is 32.4 Å². The summed E-state index contributed by atoms with van der Waals surface area (Å²) in [6.45, 7) is 5.24. The number of ether oxygens (including phenoxy) is 2. The number of benzene rings is 1. The third-order valence-electron chi connectivity index (χ3n) is 3.25. The van der Waals surface area contributed by atoms with E-state index in [1.807, 2.05) is 0 Å². The fourth-order valence-corrected chi connectivity index (χ4v) is 2.15. The highest BCUT2D eigenvalue weighted by Crippen LogP contribution is 2.16. The summed E-state index contributed by atoms with van der Waals surface area (Å²) in [5.41, 5.74) is 0. The summed E-state index contributed by atoms with van der Waals surface area (Å²) in [4.78, 5) is 0. The van der Waals surface area contributed by atoms with Gasteiger partial charge >= 0.3 is 0 Å². The number of rotatable bonds is 7. The second-order valence-electron chi connectivity index (χ2n) is 5.14. The van der Waals surface area contributed by atoms with Gasteiger partial charge in [0.1, 0.15) is 0 Å². The normalized spacial score (nSPS) is 20.4. The van der Waals surface area contributed by atoms with Crippen LogP contribution in [0.4, 0.5) is 4.39 Å². The molecule has 0 spiro atoms. The van der Waals surface area contributed by atoms with Crippen molar-refractivity contribution in [3.05, 3.63) is 30.1 Å². The predicted molar refractivity (Wildman–Crippen MR) is 72.9 cm³/mol. The Hall–Kier alpha value is -1.13. The van der Waals surface area contributed by atoms with Crippen molar-refractivity contribution in [3.8, 4) is 5.75 Å².